The minimum atomic E-state index is -2.20. The van der Waals surface area contributed by atoms with Gasteiger partial charge in [-0.1, -0.05) is 25.6 Å². The van der Waals surface area contributed by atoms with Crippen molar-refractivity contribution in [1.29, 1.82) is 0 Å². The van der Waals surface area contributed by atoms with Crippen LogP contribution in [0.25, 0.3) is 21.8 Å². The van der Waals surface area contributed by atoms with Crippen molar-refractivity contribution < 1.29 is 17.6 Å². The molecular formula is C27H27FN4O4S. The lowest BCUT2D eigenvalue weighted by molar-refractivity contribution is 0.0908. The zero-order valence-corrected chi connectivity index (χ0v) is 20.4. The van der Waals surface area contributed by atoms with Crippen molar-refractivity contribution in [2.24, 2.45) is 0 Å². The van der Waals surface area contributed by atoms with Crippen molar-refractivity contribution in [3.63, 3.8) is 0 Å². The maximum absolute atomic E-state index is 15.0. The van der Waals surface area contributed by atoms with Crippen molar-refractivity contribution in [3.8, 4) is 0 Å². The first-order valence-corrected chi connectivity index (χ1v) is 12.4. The normalized spacial score (nSPS) is 13.6. The topological polar surface area (TPSA) is 112 Å². The Balaban J connectivity index is 0.00000320. The lowest BCUT2D eigenvalue weighted by atomic mass is 9.95. The Morgan fingerprint density at radius 3 is 2.54 bits per heavy atom. The molecule has 3 heterocycles. The molecular weight excluding hydrogens is 495 g/mol. The van der Waals surface area contributed by atoms with E-state index in [1.807, 2.05) is 4.90 Å². The van der Waals surface area contributed by atoms with E-state index in [1.165, 1.54) is 6.07 Å². The maximum Gasteiger partial charge on any atom is 0.255 e. The molecule has 1 aliphatic rings. The minimum Gasteiger partial charge on any atom is -0.354 e. The van der Waals surface area contributed by atoms with Gasteiger partial charge in [-0.25, -0.2) is 9.37 Å². The summed E-state index contributed by atoms with van der Waals surface area (Å²) in [5.74, 6) is -0.783. The van der Waals surface area contributed by atoms with Crippen LogP contribution >= 0.6 is 0 Å². The third-order valence-corrected chi connectivity index (χ3v) is 7.33. The summed E-state index contributed by atoms with van der Waals surface area (Å²) in [4.78, 5) is 35.7. The zero-order valence-electron chi connectivity index (χ0n) is 19.6. The Kier molecular flexibility index (Phi) is 6.88. The average Bonchev–Trinajstić information content (AvgIpc) is 3.35. The number of hydrogen-bond donors (Lipinski definition) is 2. The molecule has 0 radical (unpaired) electrons. The fourth-order valence-corrected chi connectivity index (χ4v) is 4.97. The number of nitrogens with one attached hydrogen (secondary N) is 2. The number of pyridine rings is 2. The van der Waals surface area contributed by atoms with Gasteiger partial charge in [-0.2, -0.15) is 8.42 Å². The Bertz CT molecular complexity index is 1720. The minimum absolute atomic E-state index is 0. The number of benzene rings is 2. The monoisotopic (exact) mass is 522 g/mol. The predicted molar refractivity (Wildman–Crippen MR) is 144 cm³/mol. The van der Waals surface area contributed by atoms with Crippen LogP contribution in [0, 0.1) is 5.82 Å². The van der Waals surface area contributed by atoms with Crippen molar-refractivity contribution in [3.05, 3.63) is 81.9 Å². The number of rotatable bonds is 4. The summed E-state index contributed by atoms with van der Waals surface area (Å²) >= 11 is 0. The molecule has 2 aromatic carbocycles. The summed E-state index contributed by atoms with van der Waals surface area (Å²) in [6.07, 6.45) is 2.08. The van der Waals surface area contributed by atoms with E-state index in [4.69, 9.17) is 0 Å². The molecule has 8 nitrogen and oxygen atoms in total. The Morgan fingerprint density at radius 2 is 1.86 bits per heavy atom. The third-order valence-electron chi connectivity index (χ3n) is 6.52. The highest BCUT2D eigenvalue weighted by Gasteiger charge is 2.27. The fraction of sp³-hybridized carbons (Fsp3) is 0.259. The molecule has 0 aliphatic carbocycles. The molecule has 2 aromatic heterocycles. The van der Waals surface area contributed by atoms with Crippen molar-refractivity contribution in [2.45, 2.75) is 33.2 Å². The third kappa shape index (κ3) is 4.84. The number of para-hydroxylation sites is 1. The van der Waals surface area contributed by atoms with Crippen LogP contribution in [0.3, 0.4) is 0 Å². The van der Waals surface area contributed by atoms with Gasteiger partial charge in [0.05, 0.1) is 28.0 Å². The number of carbonyl (C=O) groups excluding carboxylic acids is 1. The second-order valence-corrected chi connectivity index (χ2v) is 10.4. The standard InChI is InChI=1S/C26H23FN4O4S.CH4/c1-26(2,15-7-8-23(28-13-15)31-10-9-16(14-31)36(34)35)30-25(33)18-12-22-19(11-20(18)27)24(32)17-5-3-4-6-21(17)29-22;/h3-8,11-13H,9-10,14H2,1-2H3,(H,29,32)(H,30,33);1H4. The lowest BCUT2D eigenvalue weighted by Crippen LogP contribution is -2.41. The SMILES string of the molecule is C.CC(C)(NC(=O)c1cc2[nH]c3ccccc3c(=O)c2cc1F)c1ccc(N2CCC(=S(=O)=O)C2)nc1. The summed E-state index contributed by atoms with van der Waals surface area (Å²) in [6, 6.07) is 13.0. The van der Waals surface area contributed by atoms with Crippen LogP contribution in [0.1, 0.15) is 43.6 Å². The van der Waals surface area contributed by atoms with Gasteiger partial charge in [-0.3, -0.25) is 9.59 Å². The molecule has 10 heteroatoms. The second-order valence-electron chi connectivity index (χ2n) is 9.31. The molecule has 0 bridgehead atoms. The first kappa shape index (κ1) is 26.0. The van der Waals surface area contributed by atoms with Crippen LogP contribution in [0.2, 0.25) is 0 Å². The van der Waals surface area contributed by atoms with Crippen LogP contribution in [-0.2, 0) is 15.8 Å². The quantitative estimate of drug-likeness (QED) is 0.312. The van der Waals surface area contributed by atoms with Gasteiger partial charge in [-0.15, -0.1) is 0 Å². The number of amides is 1. The van der Waals surface area contributed by atoms with Crippen LogP contribution in [-0.4, -0.2) is 42.2 Å². The van der Waals surface area contributed by atoms with Crippen molar-refractivity contribution >= 4 is 48.7 Å². The van der Waals surface area contributed by atoms with Crippen molar-refractivity contribution in [2.75, 3.05) is 18.0 Å². The molecule has 0 unspecified atom stereocenters. The smallest absolute Gasteiger partial charge is 0.255 e. The molecule has 0 atom stereocenters. The number of halogens is 1. The molecule has 0 spiro atoms. The van der Waals surface area contributed by atoms with E-state index in [-0.39, 0.29) is 23.8 Å². The summed E-state index contributed by atoms with van der Waals surface area (Å²) in [6.45, 7) is 4.42. The van der Waals surface area contributed by atoms with Gasteiger partial charge in [0.15, 0.2) is 5.43 Å². The first-order valence-electron chi connectivity index (χ1n) is 11.4. The van der Waals surface area contributed by atoms with E-state index >= 15 is 0 Å². The summed E-state index contributed by atoms with van der Waals surface area (Å²) in [5.41, 5.74) is 0.284. The van der Waals surface area contributed by atoms with E-state index in [9.17, 15) is 22.4 Å². The fourth-order valence-electron chi connectivity index (χ4n) is 4.45. The molecule has 192 valence electrons. The van der Waals surface area contributed by atoms with Gasteiger partial charge in [0, 0.05) is 35.5 Å². The number of nitrogens with zero attached hydrogens (tertiary/aromatic N) is 2. The van der Waals surface area contributed by atoms with Gasteiger partial charge < -0.3 is 15.2 Å². The summed E-state index contributed by atoms with van der Waals surface area (Å²) in [5, 5.41) is 3.47. The molecule has 2 N–H and O–H groups in total. The van der Waals surface area contributed by atoms with Crippen LogP contribution < -0.4 is 15.6 Å². The lowest BCUT2D eigenvalue weighted by Gasteiger charge is -2.27. The van der Waals surface area contributed by atoms with Crippen LogP contribution in [0.15, 0.2) is 59.5 Å². The predicted octanol–water partition coefficient (Wildman–Crippen LogP) is 3.78. The average molecular weight is 523 g/mol. The Labute approximate surface area is 214 Å². The summed E-state index contributed by atoms with van der Waals surface area (Å²) < 4.78 is 37.3. The second kappa shape index (κ2) is 9.78. The first-order chi connectivity index (χ1) is 17.1. The molecule has 37 heavy (non-hydrogen) atoms. The number of hydrogen-bond acceptors (Lipinski definition) is 6. The van der Waals surface area contributed by atoms with Gasteiger partial charge >= 0.3 is 0 Å². The number of anilines is 1. The highest BCUT2D eigenvalue weighted by Crippen LogP contribution is 2.25. The molecule has 5 rings (SSSR count). The number of aromatic nitrogens is 2. The van der Waals surface area contributed by atoms with Crippen LogP contribution in [0.5, 0.6) is 0 Å². The zero-order chi connectivity index (χ0) is 25.6. The van der Waals surface area contributed by atoms with Gasteiger partial charge in [0.2, 0.25) is 10.3 Å². The van der Waals surface area contributed by atoms with Crippen LogP contribution in [0.4, 0.5) is 10.2 Å². The van der Waals surface area contributed by atoms with Gasteiger partial charge in [-0.05, 0) is 49.7 Å². The van der Waals surface area contributed by atoms with E-state index < -0.39 is 27.6 Å². The number of carbonyl (C=O) groups is 1. The highest BCUT2D eigenvalue weighted by atomic mass is 32.2. The molecule has 0 saturated carbocycles. The maximum atomic E-state index is 15.0. The van der Waals surface area contributed by atoms with Crippen molar-refractivity contribution in [1.82, 2.24) is 15.3 Å². The Hall–Kier alpha value is -4.05. The summed E-state index contributed by atoms with van der Waals surface area (Å²) in [7, 11) is -2.20. The Morgan fingerprint density at radius 1 is 1.11 bits per heavy atom. The largest absolute Gasteiger partial charge is 0.354 e. The molecule has 4 aromatic rings. The van der Waals surface area contributed by atoms with E-state index in [0.717, 1.165) is 6.07 Å². The number of H-pyrrole nitrogens is 1. The number of aromatic amines is 1. The molecule has 1 fully saturated rings. The number of fused-ring (bicyclic) bond motifs is 2. The molecule has 1 saturated heterocycles. The van der Waals surface area contributed by atoms with E-state index in [0.29, 0.717) is 52.2 Å². The molecule has 1 amide bonds. The van der Waals surface area contributed by atoms with E-state index in [2.05, 4.69) is 15.3 Å². The van der Waals surface area contributed by atoms with Gasteiger partial charge in [0.1, 0.15) is 11.6 Å². The van der Waals surface area contributed by atoms with E-state index in [1.54, 1.807) is 56.4 Å². The highest BCUT2D eigenvalue weighted by molar-refractivity contribution is 7.73. The molecule has 1 aliphatic heterocycles. The van der Waals surface area contributed by atoms with Gasteiger partial charge in [0.25, 0.3) is 5.91 Å².